The Hall–Kier alpha value is -0.610. The monoisotopic (exact) mass is 146 g/mol. The summed E-state index contributed by atoms with van der Waals surface area (Å²) in [5.41, 5.74) is 10.4. The van der Waals surface area contributed by atoms with Gasteiger partial charge >= 0.3 is 5.97 Å². The lowest BCUT2D eigenvalue weighted by molar-refractivity contribution is -0.138. The zero-order valence-corrected chi connectivity index (χ0v) is 5.92. The van der Waals surface area contributed by atoms with Gasteiger partial charge in [-0.3, -0.25) is 4.79 Å². The molecule has 0 bridgehead atoms. The van der Waals surface area contributed by atoms with E-state index in [0.717, 1.165) is 12.8 Å². The number of nitrogens with two attached hydrogens (primary N) is 2. The van der Waals surface area contributed by atoms with Gasteiger partial charge in [0, 0.05) is 0 Å². The van der Waals surface area contributed by atoms with E-state index in [4.69, 9.17) is 16.6 Å². The molecule has 0 saturated heterocycles. The third kappa shape index (κ3) is 4.29. The molecule has 0 radical (unpaired) electrons. The van der Waals surface area contributed by atoms with Crippen molar-refractivity contribution in [1.29, 1.82) is 0 Å². The first kappa shape index (κ1) is 9.39. The van der Waals surface area contributed by atoms with E-state index in [-0.39, 0.29) is 0 Å². The van der Waals surface area contributed by atoms with E-state index < -0.39 is 12.0 Å². The molecule has 0 aliphatic heterocycles. The lowest BCUT2D eigenvalue weighted by atomic mass is 10.1. The van der Waals surface area contributed by atoms with Crippen LogP contribution < -0.4 is 11.5 Å². The molecule has 0 aromatic heterocycles. The fraction of sp³-hybridized carbons (Fsp3) is 0.833. The summed E-state index contributed by atoms with van der Waals surface area (Å²) in [5, 5.41) is 8.33. The maximum Gasteiger partial charge on any atom is 0.320 e. The second-order valence-corrected chi connectivity index (χ2v) is 2.23. The molecule has 0 saturated carbocycles. The van der Waals surface area contributed by atoms with E-state index in [0.29, 0.717) is 13.0 Å². The first-order chi connectivity index (χ1) is 4.68. The van der Waals surface area contributed by atoms with E-state index >= 15 is 0 Å². The Kier molecular flexibility index (Phi) is 4.88. The van der Waals surface area contributed by atoms with Gasteiger partial charge in [0.1, 0.15) is 6.04 Å². The Morgan fingerprint density at radius 1 is 1.50 bits per heavy atom. The molecule has 4 nitrogen and oxygen atoms in total. The molecular formula is C6H14N2O2. The molecule has 0 heterocycles. The second-order valence-electron chi connectivity index (χ2n) is 2.23. The quantitative estimate of drug-likeness (QED) is 0.457. The standard InChI is InChI=1S/C6H14N2O2/c7-4-2-1-3-5(8)6(9)10/h5H,1-4,7-8H2,(H,9,10)/t5-/m0/s1/i1+0,2+0,3+0,4+0,5+0,6+0,7+0,8+0. The van der Waals surface area contributed by atoms with Crippen LogP contribution in [-0.4, -0.2) is 23.7 Å². The fourth-order valence-corrected chi connectivity index (χ4v) is 0.632. The third-order valence-corrected chi connectivity index (χ3v) is 1.29. The van der Waals surface area contributed by atoms with Crippen molar-refractivity contribution < 1.29 is 9.90 Å². The fourth-order valence-electron chi connectivity index (χ4n) is 0.632. The van der Waals surface area contributed by atoms with Crippen molar-refractivity contribution in [1.82, 2.24) is 0 Å². The number of unbranched alkanes of at least 4 members (excludes halogenated alkanes) is 1. The molecule has 0 aromatic carbocycles. The van der Waals surface area contributed by atoms with Crippen molar-refractivity contribution >= 4 is 5.97 Å². The van der Waals surface area contributed by atoms with Gasteiger partial charge in [0.25, 0.3) is 0 Å². The van der Waals surface area contributed by atoms with Crippen molar-refractivity contribution in [2.75, 3.05) is 6.54 Å². The maximum absolute atomic E-state index is 10.1. The summed E-state index contributed by atoms with van der Waals surface area (Å²) in [4.78, 5) is 10.1. The van der Waals surface area contributed by atoms with E-state index in [1.807, 2.05) is 0 Å². The molecule has 0 fully saturated rings. The van der Waals surface area contributed by atoms with Crippen LogP contribution in [0.25, 0.3) is 0 Å². The van der Waals surface area contributed by atoms with E-state index in [1.54, 1.807) is 0 Å². The Balaban J connectivity index is 3.21. The highest BCUT2D eigenvalue weighted by Crippen LogP contribution is 1.96. The average molecular weight is 146 g/mol. The van der Waals surface area contributed by atoms with Gasteiger partial charge in [-0.15, -0.1) is 0 Å². The molecule has 10 heavy (non-hydrogen) atoms. The lowest BCUT2D eigenvalue weighted by Crippen LogP contribution is -2.29. The predicted molar refractivity (Wildman–Crippen MR) is 38.5 cm³/mol. The maximum atomic E-state index is 10.1. The summed E-state index contributed by atoms with van der Waals surface area (Å²) < 4.78 is 0. The molecule has 0 amide bonds. The molecule has 5 N–H and O–H groups in total. The number of rotatable bonds is 5. The van der Waals surface area contributed by atoms with Gasteiger partial charge in [0.2, 0.25) is 0 Å². The summed E-state index contributed by atoms with van der Waals surface area (Å²) in [6.45, 7) is 0.604. The summed E-state index contributed by atoms with van der Waals surface area (Å²) in [5.74, 6) is -0.933. The highest BCUT2D eigenvalue weighted by atomic mass is 16.4. The summed E-state index contributed by atoms with van der Waals surface area (Å²) in [6, 6.07) is -0.716. The average Bonchev–Trinajstić information content (AvgIpc) is 1.88. The molecule has 60 valence electrons. The van der Waals surface area contributed by atoms with Crippen LogP contribution >= 0.6 is 0 Å². The van der Waals surface area contributed by atoms with Crippen LogP contribution in [0.5, 0.6) is 0 Å². The largest absolute Gasteiger partial charge is 0.480 e. The first-order valence-electron chi connectivity index (χ1n) is 3.37. The van der Waals surface area contributed by atoms with Crippen LogP contribution in [0.2, 0.25) is 0 Å². The Morgan fingerprint density at radius 3 is 2.50 bits per heavy atom. The molecule has 0 aliphatic carbocycles. The van der Waals surface area contributed by atoms with Crippen LogP contribution in [0.15, 0.2) is 0 Å². The van der Waals surface area contributed by atoms with Gasteiger partial charge < -0.3 is 16.6 Å². The second kappa shape index (κ2) is 5.20. The van der Waals surface area contributed by atoms with Gasteiger partial charge in [-0.05, 0) is 19.4 Å². The molecule has 0 aliphatic rings. The highest BCUT2D eigenvalue weighted by Gasteiger charge is 2.09. The van der Waals surface area contributed by atoms with Gasteiger partial charge in [-0.1, -0.05) is 6.42 Å². The topological polar surface area (TPSA) is 89.3 Å². The van der Waals surface area contributed by atoms with Crippen molar-refractivity contribution in [3.8, 4) is 0 Å². The predicted octanol–water partition coefficient (Wildman–Crippen LogP) is -0.473. The van der Waals surface area contributed by atoms with Gasteiger partial charge in [0.15, 0.2) is 0 Å². The smallest absolute Gasteiger partial charge is 0.320 e. The van der Waals surface area contributed by atoms with Crippen molar-refractivity contribution in [2.45, 2.75) is 25.3 Å². The molecule has 0 unspecified atom stereocenters. The lowest BCUT2D eigenvalue weighted by Gasteiger charge is -2.03. The number of hydrogen-bond donors (Lipinski definition) is 3. The molecule has 0 spiro atoms. The highest BCUT2D eigenvalue weighted by molar-refractivity contribution is 5.72. The third-order valence-electron chi connectivity index (χ3n) is 1.29. The van der Waals surface area contributed by atoms with Crippen LogP contribution in [0, 0.1) is 0 Å². The SMILES string of the molecule is [14NH2][12CH2][12CH2][12CH2][12CH2][12C@H]([14NH2])[12C](=O)O. The number of hydrogen-bond acceptors (Lipinski definition) is 3. The minimum Gasteiger partial charge on any atom is -0.480 e. The number of carboxylic acids is 1. The van der Waals surface area contributed by atoms with Crippen LogP contribution in [0.4, 0.5) is 0 Å². The summed E-state index contributed by atoms with van der Waals surface area (Å²) in [7, 11) is 0. The first-order valence-corrected chi connectivity index (χ1v) is 3.37. The van der Waals surface area contributed by atoms with E-state index in [9.17, 15) is 4.79 Å². The summed E-state index contributed by atoms with van der Waals surface area (Å²) in [6.07, 6.45) is 2.16. The number of carbonyl (C=O) groups is 1. The van der Waals surface area contributed by atoms with E-state index in [1.165, 1.54) is 0 Å². The zero-order chi connectivity index (χ0) is 7.98. The molecule has 0 rings (SSSR count). The van der Waals surface area contributed by atoms with Crippen LogP contribution in [0.1, 0.15) is 19.3 Å². The summed E-state index contributed by atoms with van der Waals surface area (Å²) >= 11 is 0. The van der Waals surface area contributed by atoms with Gasteiger partial charge in [-0.25, -0.2) is 0 Å². The molecule has 1 atom stereocenters. The van der Waals surface area contributed by atoms with Crippen molar-refractivity contribution in [3.63, 3.8) is 0 Å². The minimum absolute atomic E-state index is 0.520. The minimum atomic E-state index is -0.933. The van der Waals surface area contributed by atoms with Crippen molar-refractivity contribution in [2.24, 2.45) is 11.5 Å². The Morgan fingerprint density at radius 2 is 2.10 bits per heavy atom. The van der Waals surface area contributed by atoms with Gasteiger partial charge in [-0.2, -0.15) is 0 Å². The zero-order valence-electron chi connectivity index (χ0n) is 5.92. The molecular weight excluding hydrogens is 132 g/mol. The van der Waals surface area contributed by atoms with Crippen LogP contribution in [-0.2, 0) is 4.79 Å². The van der Waals surface area contributed by atoms with Crippen LogP contribution in [0.3, 0.4) is 0 Å². The Labute approximate surface area is 60.2 Å². The Bertz CT molecular complexity index is 106. The molecule has 0 aromatic rings. The van der Waals surface area contributed by atoms with Gasteiger partial charge in [0.05, 0.1) is 0 Å². The van der Waals surface area contributed by atoms with E-state index in [2.05, 4.69) is 0 Å². The number of aliphatic carboxylic acids is 1. The normalized spacial score (nSPS) is 13.0. The van der Waals surface area contributed by atoms with Crippen molar-refractivity contribution in [3.05, 3.63) is 0 Å². The number of carboxylic acid groups (broad SMARTS) is 1. The molecule has 4 heteroatoms.